The highest BCUT2D eigenvalue weighted by Crippen LogP contribution is 2.50. The van der Waals surface area contributed by atoms with E-state index < -0.39 is 11.7 Å². The van der Waals surface area contributed by atoms with Crippen LogP contribution in [-0.4, -0.2) is 27.2 Å². The van der Waals surface area contributed by atoms with Crippen molar-refractivity contribution < 1.29 is 9.84 Å². The third-order valence-corrected chi connectivity index (χ3v) is 8.00. The van der Waals surface area contributed by atoms with E-state index in [1.54, 1.807) is 0 Å². The predicted molar refractivity (Wildman–Crippen MR) is 101 cm³/mol. The summed E-state index contributed by atoms with van der Waals surface area (Å²) in [4.78, 5) is 0.522. The molecule has 2 rings (SSSR count). The van der Waals surface area contributed by atoms with E-state index in [-0.39, 0.29) is 11.0 Å². The summed E-state index contributed by atoms with van der Waals surface area (Å²) in [5.74, 6) is 0.463. The molecule has 2 nitrogen and oxygen atoms in total. The molecule has 3 heteroatoms. The molecule has 1 saturated carbocycles. The molecular weight excluding hydrogens is 352 g/mol. The van der Waals surface area contributed by atoms with Crippen molar-refractivity contribution in [1.29, 1.82) is 0 Å². The molecule has 0 aromatic heterocycles. The Morgan fingerprint density at radius 2 is 1.96 bits per heavy atom. The fourth-order valence-electron chi connectivity index (χ4n) is 4.35. The van der Waals surface area contributed by atoms with Gasteiger partial charge in [-0.3, -0.25) is 0 Å². The number of hydrogen-bond donors (Lipinski definition) is 1. The van der Waals surface area contributed by atoms with Gasteiger partial charge in [-0.25, -0.2) is 0 Å². The lowest BCUT2D eigenvalue weighted by atomic mass is 9.64. The molecule has 1 aliphatic carbocycles. The standard InChI is InChI=1S/C20H33BrO2/c1-7-19(5)12-11-17(22)20(6,23-19)13-10-15-14(2)8-9-16(21)18(15,3)4/h7,15-17,22H,1-2,8-13H2,3-6H3/t15-,16+,17-,19-,20-/m1/s1. The molecule has 1 saturated heterocycles. The second-order valence-electron chi connectivity index (χ2n) is 8.56. The summed E-state index contributed by atoms with van der Waals surface area (Å²) >= 11 is 3.86. The molecule has 0 aromatic rings. The maximum atomic E-state index is 10.5. The van der Waals surface area contributed by atoms with Gasteiger partial charge in [0.15, 0.2) is 0 Å². The van der Waals surface area contributed by atoms with Crippen molar-refractivity contribution >= 4 is 15.9 Å². The largest absolute Gasteiger partial charge is 0.390 e. The first-order chi connectivity index (χ1) is 10.5. The maximum Gasteiger partial charge on any atom is 0.0924 e. The Bertz CT molecular complexity index is 472. The minimum absolute atomic E-state index is 0.188. The lowest BCUT2D eigenvalue weighted by Gasteiger charge is -2.49. The normalized spacial score (nSPS) is 44.1. The number of alkyl halides is 1. The van der Waals surface area contributed by atoms with Crippen molar-refractivity contribution in [2.24, 2.45) is 11.3 Å². The molecule has 0 spiro atoms. The highest BCUT2D eigenvalue weighted by atomic mass is 79.9. The van der Waals surface area contributed by atoms with Crippen LogP contribution in [-0.2, 0) is 4.74 Å². The Labute approximate surface area is 150 Å². The minimum atomic E-state index is -0.503. The van der Waals surface area contributed by atoms with Crippen molar-refractivity contribution in [3.05, 3.63) is 24.8 Å². The lowest BCUT2D eigenvalue weighted by molar-refractivity contribution is -0.209. The Morgan fingerprint density at radius 3 is 2.57 bits per heavy atom. The van der Waals surface area contributed by atoms with Gasteiger partial charge in [0.1, 0.15) is 0 Å². The molecule has 23 heavy (non-hydrogen) atoms. The van der Waals surface area contributed by atoms with E-state index in [9.17, 15) is 5.11 Å². The first kappa shape index (κ1) is 19.2. The fourth-order valence-corrected chi connectivity index (χ4v) is 4.90. The fraction of sp³-hybridized carbons (Fsp3) is 0.800. The van der Waals surface area contributed by atoms with Crippen LogP contribution in [0.2, 0.25) is 0 Å². The molecule has 0 amide bonds. The third-order valence-electron chi connectivity index (χ3n) is 6.36. The van der Waals surface area contributed by atoms with Crippen LogP contribution >= 0.6 is 15.9 Å². The van der Waals surface area contributed by atoms with Crippen LogP contribution in [0.5, 0.6) is 0 Å². The number of aliphatic hydroxyl groups excluding tert-OH is 1. The van der Waals surface area contributed by atoms with E-state index in [0.717, 1.165) is 38.5 Å². The molecule has 1 N–H and O–H groups in total. The zero-order valence-corrected chi connectivity index (χ0v) is 16.8. The average molecular weight is 385 g/mol. The molecule has 132 valence electrons. The summed E-state index contributed by atoms with van der Waals surface area (Å²) in [5.41, 5.74) is 0.709. The number of aliphatic hydroxyl groups is 1. The van der Waals surface area contributed by atoms with Crippen molar-refractivity contribution in [2.75, 3.05) is 0 Å². The Balaban J connectivity index is 2.11. The smallest absolute Gasteiger partial charge is 0.0924 e. The molecule has 0 radical (unpaired) electrons. The first-order valence-electron chi connectivity index (χ1n) is 8.88. The van der Waals surface area contributed by atoms with Crippen molar-refractivity contribution in [3.63, 3.8) is 0 Å². The average Bonchev–Trinajstić information content (AvgIpc) is 2.47. The summed E-state index contributed by atoms with van der Waals surface area (Å²) in [5, 5.41) is 10.5. The van der Waals surface area contributed by atoms with Crippen LogP contribution in [0.4, 0.5) is 0 Å². The number of allylic oxidation sites excluding steroid dienone is 1. The Morgan fingerprint density at radius 1 is 1.30 bits per heavy atom. The van der Waals surface area contributed by atoms with E-state index in [1.807, 2.05) is 6.08 Å². The van der Waals surface area contributed by atoms with Crippen LogP contribution in [0.25, 0.3) is 0 Å². The predicted octanol–water partition coefficient (Wildman–Crippen LogP) is 5.40. The van der Waals surface area contributed by atoms with E-state index in [4.69, 9.17) is 4.74 Å². The van der Waals surface area contributed by atoms with Gasteiger partial charge in [-0.05, 0) is 63.7 Å². The van der Waals surface area contributed by atoms with Gasteiger partial charge in [0.25, 0.3) is 0 Å². The van der Waals surface area contributed by atoms with Gasteiger partial charge in [0.05, 0.1) is 17.3 Å². The summed E-state index contributed by atoms with van der Waals surface area (Å²) < 4.78 is 6.33. The Hall–Kier alpha value is -0.120. The molecule has 0 unspecified atom stereocenters. The molecule has 1 heterocycles. The van der Waals surface area contributed by atoms with Gasteiger partial charge in [-0.2, -0.15) is 0 Å². The highest BCUT2D eigenvalue weighted by Gasteiger charge is 2.47. The third kappa shape index (κ3) is 3.77. The second kappa shape index (κ2) is 6.65. The van der Waals surface area contributed by atoms with Crippen LogP contribution in [0.15, 0.2) is 24.8 Å². The second-order valence-corrected chi connectivity index (χ2v) is 9.67. The molecule has 1 aliphatic heterocycles. The van der Waals surface area contributed by atoms with Crippen LogP contribution < -0.4 is 0 Å². The summed E-state index contributed by atoms with van der Waals surface area (Å²) in [7, 11) is 0. The summed E-state index contributed by atoms with van der Waals surface area (Å²) in [6.07, 6.45) is 7.19. The van der Waals surface area contributed by atoms with Gasteiger partial charge in [-0.15, -0.1) is 6.58 Å². The van der Waals surface area contributed by atoms with E-state index in [1.165, 1.54) is 5.57 Å². The molecule has 0 aromatic carbocycles. The molecular formula is C20H33BrO2. The summed E-state index contributed by atoms with van der Waals surface area (Å²) in [6, 6.07) is 0. The number of hydrogen-bond acceptors (Lipinski definition) is 2. The number of halogens is 1. The quantitative estimate of drug-likeness (QED) is 0.519. The van der Waals surface area contributed by atoms with Gasteiger partial charge in [0.2, 0.25) is 0 Å². The minimum Gasteiger partial charge on any atom is -0.390 e. The zero-order valence-electron chi connectivity index (χ0n) is 15.2. The van der Waals surface area contributed by atoms with E-state index in [0.29, 0.717) is 10.7 Å². The molecule has 2 aliphatic rings. The molecule has 5 atom stereocenters. The first-order valence-corrected chi connectivity index (χ1v) is 9.79. The number of ether oxygens (including phenoxy) is 1. The van der Waals surface area contributed by atoms with Crippen molar-refractivity contribution in [2.45, 2.75) is 88.4 Å². The lowest BCUT2D eigenvalue weighted by Crippen LogP contribution is -2.53. The topological polar surface area (TPSA) is 29.5 Å². The molecule has 2 fully saturated rings. The molecule has 0 bridgehead atoms. The Kier molecular flexibility index (Phi) is 5.55. The van der Waals surface area contributed by atoms with Crippen molar-refractivity contribution in [3.8, 4) is 0 Å². The van der Waals surface area contributed by atoms with E-state index >= 15 is 0 Å². The zero-order chi connectivity index (χ0) is 17.5. The summed E-state index contributed by atoms with van der Waals surface area (Å²) in [6.45, 7) is 17.0. The van der Waals surface area contributed by atoms with Gasteiger partial charge in [0, 0.05) is 4.83 Å². The van der Waals surface area contributed by atoms with Crippen LogP contribution in [0, 0.1) is 11.3 Å². The maximum absolute atomic E-state index is 10.5. The van der Waals surface area contributed by atoms with Gasteiger partial charge < -0.3 is 9.84 Å². The van der Waals surface area contributed by atoms with Gasteiger partial charge in [-0.1, -0.05) is 48.0 Å². The highest BCUT2D eigenvalue weighted by molar-refractivity contribution is 9.09. The van der Waals surface area contributed by atoms with Gasteiger partial charge >= 0.3 is 0 Å². The van der Waals surface area contributed by atoms with E-state index in [2.05, 4.69) is 56.8 Å². The van der Waals surface area contributed by atoms with Crippen LogP contribution in [0.3, 0.4) is 0 Å². The van der Waals surface area contributed by atoms with Crippen molar-refractivity contribution in [1.82, 2.24) is 0 Å². The number of rotatable bonds is 4. The SMILES string of the molecule is C=C[C@]1(C)CC[C@@H](O)[C@@](C)(CC[C@@H]2C(=C)CC[C@H](Br)C2(C)C)O1. The monoisotopic (exact) mass is 384 g/mol. The van der Waals surface area contributed by atoms with Crippen LogP contribution in [0.1, 0.15) is 66.2 Å².